The van der Waals surface area contributed by atoms with Gasteiger partial charge in [0.2, 0.25) is 0 Å². The third-order valence-electron chi connectivity index (χ3n) is 2.13. The average Bonchev–Trinajstić information content (AvgIpc) is 2.48. The summed E-state index contributed by atoms with van der Waals surface area (Å²) < 4.78 is 30.7. The lowest BCUT2D eigenvalue weighted by Gasteiger charge is -2.19. The fraction of sp³-hybridized carbons (Fsp3) is 0.889. The Bertz CT molecular complexity index is 263. The van der Waals surface area contributed by atoms with Gasteiger partial charge < -0.3 is 15.8 Å². The van der Waals surface area contributed by atoms with Gasteiger partial charge in [-0.05, 0) is 20.8 Å². The number of amides is 1. The van der Waals surface area contributed by atoms with Crippen molar-refractivity contribution < 1.29 is 18.3 Å². The maximum atomic E-state index is 12.9. The van der Waals surface area contributed by atoms with Crippen molar-refractivity contribution in [2.24, 2.45) is 11.7 Å². The first-order chi connectivity index (χ1) is 6.68. The molecule has 0 aromatic carbocycles. The third kappa shape index (κ3) is 2.77. The Kier molecular flexibility index (Phi) is 2.91. The van der Waals surface area contributed by atoms with Crippen LogP contribution in [0.4, 0.5) is 13.6 Å². The van der Waals surface area contributed by atoms with Crippen LogP contribution in [-0.2, 0) is 4.74 Å². The van der Waals surface area contributed by atoms with E-state index in [0.717, 1.165) is 0 Å². The molecule has 1 saturated carbocycles. The lowest BCUT2D eigenvalue weighted by atomic mass is 10.2. The van der Waals surface area contributed by atoms with E-state index in [0.29, 0.717) is 0 Å². The van der Waals surface area contributed by atoms with Crippen LogP contribution in [0.5, 0.6) is 0 Å². The van der Waals surface area contributed by atoms with E-state index in [1.807, 2.05) is 0 Å². The highest BCUT2D eigenvalue weighted by atomic mass is 19.3. The molecule has 6 heteroatoms. The van der Waals surface area contributed by atoms with Crippen molar-refractivity contribution in [1.29, 1.82) is 0 Å². The number of rotatable bonds is 2. The van der Waals surface area contributed by atoms with Gasteiger partial charge in [0, 0.05) is 6.54 Å². The Labute approximate surface area is 87.1 Å². The number of nitrogens with two attached hydrogens (primary N) is 1. The number of carbonyl (C=O) groups excluding carboxylic acids is 1. The summed E-state index contributed by atoms with van der Waals surface area (Å²) in [6, 6.07) is -1.18. The molecule has 0 bridgehead atoms. The summed E-state index contributed by atoms with van der Waals surface area (Å²) in [5.41, 5.74) is 4.44. The lowest BCUT2D eigenvalue weighted by molar-refractivity contribution is 0.0459. The van der Waals surface area contributed by atoms with Gasteiger partial charge in [-0.25, -0.2) is 13.6 Å². The second kappa shape index (κ2) is 3.59. The van der Waals surface area contributed by atoms with Crippen LogP contribution in [0.2, 0.25) is 0 Å². The van der Waals surface area contributed by atoms with Crippen LogP contribution in [0.15, 0.2) is 0 Å². The van der Waals surface area contributed by atoms with Crippen molar-refractivity contribution in [3.63, 3.8) is 0 Å². The van der Waals surface area contributed by atoms with Crippen molar-refractivity contribution in [3.8, 4) is 0 Å². The van der Waals surface area contributed by atoms with E-state index >= 15 is 0 Å². The largest absolute Gasteiger partial charge is 0.444 e. The van der Waals surface area contributed by atoms with Crippen LogP contribution in [0.3, 0.4) is 0 Å². The van der Waals surface area contributed by atoms with Crippen molar-refractivity contribution in [2.75, 3.05) is 6.54 Å². The summed E-state index contributed by atoms with van der Waals surface area (Å²) in [4.78, 5) is 11.2. The normalized spacial score (nSPS) is 28.4. The Morgan fingerprint density at radius 2 is 2.07 bits per heavy atom. The van der Waals surface area contributed by atoms with Gasteiger partial charge in [0.25, 0.3) is 5.92 Å². The maximum Gasteiger partial charge on any atom is 0.408 e. The Hall–Kier alpha value is -0.910. The summed E-state index contributed by atoms with van der Waals surface area (Å²) in [7, 11) is 0. The smallest absolute Gasteiger partial charge is 0.408 e. The number of halogens is 2. The minimum atomic E-state index is -2.90. The summed E-state index contributed by atoms with van der Waals surface area (Å²) in [6.07, 6.45) is -0.830. The van der Waals surface area contributed by atoms with E-state index < -0.39 is 29.6 Å². The Balaban J connectivity index is 2.42. The fourth-order valence-electron chi connectivity index (χ4n) is 1.31. The van der Waals surface area contributed by atoms with E-state index in [4.69, 9.17) is 10.5 Å². The number of carbonyl (C=O) groups is 1. The van der Waals surface area contributed by atoms with E-state index in [-0.39, 0.29) is 6.54 Å². The van der Waals surface area contributed by atoms with Crippen LogP contribution < -0.4 is 11.1 Å². The molecule has 1 fully saturated rings. The molecule has 0 heterocycles. The molecule has 0 aliphatic heterocycles. The van der Waals surface area contributed by atoms with Gasteiger partial charge in [0.15, 0.2) is 0 Å². The molecule has 1 aliphatic carbocycles. The van der Waals surface area contributed by atoms with Crippen LogP contribution in [0.25, 0.3) is 0 Å². The maximum absolute atomic E-state index is 12.9. The van der Waals surface area contributed by atoms with Gasteiger partial charge in [-0.3, -0.25) is 0 Å². The first-order valence-corrected chi connectivity index (χ1v) is 4.76. The molecule has 0 radical (unpaired) electrons. The Morgan fingerprint density at radius 1 is 1.53 bits per heavy atom. The van der Waals surface area contributed by atoms with Crippen LogP contribution in [0, 0.1) is 5.92 Å². The molecule has 88 valence electrons. The molecule has 1 amide bonds. The fourth-order valence-corrected chi connectivity index (χ4v) is 1.31. The molecule has 0 spiro atoms. The number of hydrogen-bond acceptors (Lipinski definition) is 3. The summed E-state index contributed by atoms with van der Waals surface area (Å²) in [5, 5.41) is 2.11. The number of hydrogen-bond donors (Lipinski definition) is 2. The molecule has 2 atom stereocenters. The van der Waals surface area contributed by atoms with Gasteiger partial charge >= 0.3 is 6.09 Å². The molecular weight excluding hydrogens is 206 g/mol. The topological polar surface area (TPSA) is 64.3 Å². The van der Waals surface area contributed by atoms with Crippen LogP contribution >= 0.6 is 0 Å². The standard InChI is InChI=1S/C9H16F2N2O2/c1-8(2,3)15-7(14)13-6-5(4-12)9(6,10)11/h5-6H,4,12H2,1-3H3,(H,13,14)/t5-,6+/m0/s1. The molecule has 15 heavy (non-hydrogen) atoms. The minimum absolute atomic E-state index is 0.145. The molecule has 1 aliphatic rings. The molecule has 0 aromatic heterocycles. The number of ether oxygens (including phenoxy) is 1. The van der Waals surface area contributed by atoms with Gasteiger partial charge in [-0.15, -0.1) is 0 Å². The van der Waals surface area contributed by atoms with E-state index in [9.17, 15) is 13.6 Å². The van der Waals surface area contributed by atoms with Gasteiger partial charge in [-0.1, -0.05) is 0 Å². The van der Waals surface area contributed by atoms with Gasteiger partial charge in [0.1, 0.15) is 11.6 Å². The highest BCUT2D eigenvalue weighted by Gasteiger charge is 2.68. The quantitative estimate of drug-likeness (QED) is 0.735. The average molecular weight is 222 g/mol. The summed E-state index contributed by atoms with van der Waals surface area (Å²) in [5.74, 6) is -3.86. The lowest BCUT2D eigenvalue weighted by Crippen LogP contribution is -2.36. The van der Waals surface area contributed by atoms with Crippen LogP contribution in [-0.4, -0.2) is 30.2 Å². The molecule has 0 aromatic rings. The van der Waals surface area contributed by atoms with Crippen molar-refractivity contribution in [2.45, 2.75) is 38.3 Å². The SMILES string of the molecule is CC(C)(C)OC(=O)N[C@@H]1[C@H](CN)C1(F)F. The number of alkyl halides is 2. The van der Waals surface area contributed by atoms with E-state index in [2.05, 4.69) is 5.32 Å². The molecular formula is C9H16F2N2O2. The molecule has 4 nitrogen and oxygen atoms in total. The predicted octanol–water partition coefficient (Wildman–Crippen LogP) is 1.10. The highest BCUT2D eigenvalue weighted by Crippen LogP contribution is 2.48. The molecule has 1 rings (SSSR count). The first kappa shape index (κ1) is 12.2. The zero-order valence-corrected chi connectivity index (χ0v) is 9.01. The van der Waals surface area contributed by atoms with Gasteiger partial charge in [-0.2, -0.15) is 0 Å². The zero-order valence-electron chi connectivity index (χ0n) is 9.01. The monoisotopic (exact) mass is 222 g/mol. The summed E-state index contributed by atoms with van der Waals surface area (Å²) >= 11 is 0. The van der Waals surface area contributed by atoms with Crippen molar-refractivity contribution >= 4 is 6.09 Å². The number of alkyl carbamates (subject to hydrolysis) is 1. The van der Waals surface area contributed by atoms with Crippen molar-refractivity contribution in [3.05, 3.63) is 0 Å². The number of nitrogens with one attached hydrogen (secondary N) is 1. The molecule has 3 N–H and O–H groups in total. The molecule has 0 saturated heterocycles. The molecule has 0 unspecified atom stereocenters. The third-order valence-corrected chi connectivity index (χ3v) is 2.13. The van der Waals surface area contributed by atoms with E-state index in [1.165, 1.54) is 0 Å². The zero-order chi connectivity index (χ0) is 11.9. The second-order valence-corrected chi connectivity index (χ2v) is 4.64. The minimum Gasteiger partial charge on any atom is -0.444 e. The summed E-state index contributed by atoms with van der Waals surface area (Å²) in [6.45, 7) is 4.85. The van der Waals surface area contributed by atoms with Crippen LogP contribution in [0.1, 0.15) is 20.8 Å². The highest BCUT2D eigenvalue weighted by molar-refractivity contribution is 5.69. The van der Waals surface area contributed by atoms with Gasteiger partial charge in [0.05, 0.1) is 5.92 Å². The Morgan fingerprint density at radius 3 is 2.40 bits per heavy atom. The first-order valence-electron chi connectivity index (χ1n) is 4.76. The van der Waals surface area contributed by atoms with E-state index in [1.54, 1.807) is 20.8 Å². The predicted molar refractivity (Wildman–Crippen MR) is 50.6 cm³/mol. The van der Waals surface area contributed by atoms with Crippen molar-refractivity contribution in [1.82, 2.24) is 5.32 Å². The second-order valence-electron chi connectivity index (χ2n) is 4.64.